The summed E-state index contributed by atoms with van der Waals surface area (Å²) in [7, 11) is 0. The Morgan fingerprint density at radius 2 is 2.00 bits per heavy atom. The van der Waals surface area contributed by atoms with Gasteiger partial charge in [-0.25, -0.2) is 0 Å². The standard InChI is InChI=1S/C25H27ClN2O2S/c1-25(2,3)23-13-16(8-9-27-23)22-12-18(15-31-22)20-7-6-17(11-21(20)26)24(30)28-10-4-5-19(29)14-28/h6-9,11-13,15,19,29H,4-5,10,14H2,1-3H3/t19-/m0/s1. The number of rotatable bonds is 3. The molecule has 4 nitrogen and oxygen atoms in total. The summed E-state index contributed by atoms with van der Waals surface area (Å²) < 4.78 is 0. The van der Waals surface area contributed by atoms with Crippen molar-refractivity contribution in [3.8, 4) is 21.6 Å². The summed E-state index contributed by atoms with van der Waals surface area (Å²) in [5.74, 6) is -0.0790. The second-order valence-electron chi connectivity index (χ2n) is 9.12. The minimum Gasteiger partial charge on any atom is -0.391 e. The summed E-state index contributed by atoms with van der Waals surface area (Å²) in [5, 5.41) is 12.5. The number of pyridine rings is 1. The number of aliphatic hydroxyl groups excluding tert-OH is 1. The van der Waals surface area contributed by atoms with Crippen LogP contribution in [0.2, 0.25) is 5.02 Å². The van der Waals surface area contributed by atoms with Gasteiger partial charge < -0.3 is 10.0 Å². The monoisotopic (exact) mass is 454 g/mol. The van der Waals surface area contributed by atoms with Crippen molar-refractivity contribution >= 4 is 28.8 Å². The van der Waals surface area contributed by atoms with Gasteiger partial charge in [0.2, 0.25) is 0 Å². The second kappa shape index (κ2) is 8.73. The molecule has 6 heteroatoms. The van der Waals surface area contributed by atoms with E-state index in [4.69, 9.17) is 11.6 Å². The molecule has 3 heterocycles. The fourth-order valence-electron chi connectivity index (χ4n) is 3.83. The van der Waals surface area contributed by atoms with Gasteiger partial charge in [0.05, 0.1) is 6.10 Å². The van der Waals surface area contributed by atoms with Gasteiger partial charge in [0.25, 0.3) is 5.91 Å². The van der Waals surface area contributed by atoms with Crippen LogP contribution in [0.3, 0.4) is 0 Å². The van der Waals surface area contributed by atoms with E-state index in [2.05, 4.69) is 43.3 Å². The lowest BCUT2D eigenvalue weighted by Gasteiger charge is -2.30. The van der Waals surface area contributed by atoms with E-state index < -0.39 is 6.10 Å². The minimum atomic E-state index is -0.441. The summed E-state index contributed by atoms with van der Waals surface area (Å²) >= 11 is 8.26. The zero-order chi connectivity index (χ0) is 22.2. The average Bonchev–Trinajstić information content (AvgIpc) is 3.22. The molecule has 1 aliphatic heterocycles. The Kier molecular flexibility index (Phi) is 6.20. The number of hydrogen-bond donors (Lipinski definition) is 1. The predicted molar refractivity (Wildman–Crippen MR) is 128 cm³/mol. The first-order chi connectivity index (χ1) is 14.7. The molecular weight excluding hydrogens is 428 g/mol. The number of carbonyl (C=O) groups is 1. The highest BCUT2D eigenvalue weighted by atomic mass is 35.5. The number of piperidine rings is 1. The summed E-state index contributed by atoms with van der Waals surface area (Å²) in [6.45, 7) is 7.53. The lowest BCUT2D eigenvalue weighted by molar-refractivity contribution is 0.0474. The van der Waals surface area contributed by atoms with Crippen molar-refractivity contribution in [1.29, 1.82) is 0 Å². The molecular formula is C25H27ClN2O2S. The van der Waals surface area contributed by atoms with Gasteiger partial charge in [0, 0.05) is 51.4 Å². The van der Waals surface area contributed by atoms with Gasteiger partial charge in [-0.2, -0.15) is 0 Å². The van der Waals surface area contributed by atoms with Gasteiger partial charge in [-0.15, -0.1) is 11.3 Å². The zero-order valence-corrected chi connectivity index (χ0v) is 19.6. The van der Waals surface area contributed by atoms with E-state index in [9.17, 15) is 9.90 Å². The number of hydrogen-bond acceptors (Lipinski definition) is 4. The summed E-state index contributed by atoms with van der Waals surface area (Å²) in [5.41, 5.74) is 4.69. The molecule has 31 heavy (non-hydrogen) atoms. The quantitative estimate of drug-likeness (QED) is 0.526. The number of benzene rings is 1. The molecule has 0 saturated carbocycles. The van der Waals surface area contributed by atoms with Crippen LogP contribution >= 0.6 is 22.9 Å². The molecule has 1 aliphatic rings. The number of aliphatic hydroxyl groups is 1. The van der Waals surface area contributed by atoms with Crippen LogP contribution in [0.15, 0.2) is 48.0 Å². The summed E-state index contributed by atoms with van der Waals surface area (Å²) in [4.78, 5) is 20.2. The first kappa shape index (κ1) is 22.0. The van der Waals surface area contributed by atoms with Crippen molar-refractivity contribution in [2.45, 2.75) is 45.1 Å². The lowest BCUT2D eigenvalue weighted by atomic mass is 9.90. The van der Waals surface area contributed by atoms with Crippen molar-refractivity contribution in [2.24, 2.45) is 0 Å². The van der Waals surface area contributed by atoms with Gasteiger partial charge in [0.15, 0.2) is 0 Å². The lowest BCUT2D eigenvalue weighted by Crippen LogP contribution is -2.42. The van der Waals surface area contributed by atoms with Crippen LogP contribution in [0.5, 0.6) is 0 Å². The van der Waals surface area contributed by atoms with E-state index in [-0.39, 0.29) is 11.3 Å². The molecule has 1 atom stereocenters. The normalized spacial score (nSPS) is 17.1. The fourth-order valence-corrected chi connectivity index (χ4v) is 5.02. The highest BCUT2D eigenvalue weighted by Gasteiger charge is 2.24. The van der Waals surface area contributed by atoms with Gasteiger partial charge in [0.1, 0.15) is 0 Å². The van der Waals surface area contributed by atoms with Crippen LogP contribution in [-0.2, 0) is 5.41 Å². The van der Waals surface area contributed by atoms with Crippen molar-refractivity contribution in [2.75, 3.05) is 13.1 Å². The highest BCUT2D eigenvalue weighted by Crippen LogP contribution is 2.37. The number of carbonyl (C=O) groups excluding carboxylic acids is 1. The Balaban J connectivity index is 1.57. The molecule has 0 spiro atoms. The maximum Gasteiger partial charge on any atom is 0.253 e. The third kappa shape index (κ3) is 4.84. The van der Waals surface area contributed by atoms with E-state index in [1.807, 2.05) is 24.4 Å². The van der Waals surface area contributed by atoms with E-state index in [1.165, 1.54) is 0 Å². The third-order valence-electron chi connectivity index (χ3n) is 5.62. The zero-order valence-electron chi connectivity index (χ0n) is 18.1. The predicted octanol–water partition coefficient (Wildman–Crippen LogP) is 6.02. The van der Waals surface area contributed by atoms with Crippen LogP contribution in [0.1, 0.15) is 49.7 Å². The molecule has 0 radical (unpaired) electrons. The highest BCUT2D eigenvalue weighted by molar-refractivity contribution is 7.14. The molecule has 0 unspecified atom stereocenters. The molecule has 2 aromatic heterocycles. The van der Waals surface area contributed by atoms with Gasteiger partial charge in [-0.3, -0.25) is 9.78 Å². The number of likely N-dealkylation sites (tertiary alicyclic amines) is 1. The molecule has 1 fully saturated rings. The molecule has 3 aromatic rings. The van der Waals surface area contributed by atoms with Crippen LogP contribution in [-0.4, -0.2) is 40.1 Å². The Morgan fingerprint density at radius 3 is 2.71 bits per heavy atom. The Morgan fingerprint density at radius 1 is 1.19 bits per heavy atom. The van der Waals surface area contributed by atoms with Crippen molar-refractivity contribution in [3.05, 3.63) is 64.3 Å². The van der Waals surface area contributed by atoms with Crippen LogP contribution in [0.25, 0.3) is 21.6 Å². The Hall–Kier alpha value is -2.21. The molecule has 0 aliphatic carbocycles. The Bertz CT molecular complexity index is 1100. The van der Waals surface area contributed by atoms with E-state index in [0.29, 0.717) is 23.7 Å². The molecule has 1 amide bonds. The molecule has 1 N–H and O–H groups in total. The first-order valence-corrected chi connectivity index (χ1v) is 11.8. The largest absolute Gasteiger partial charge is 0.391 e. The number of β-amino-alcohol motifs (C(OH)–C–C–N with tert-alkyl or cyclic N) is 1. The van der Waals surface area contributed by atoms with E-state index >= 15 is 0 Å². The summed E-state index contributed by atoms with van der Waals surface area (Å²) in [6, 6.07) is 11.8. The van der Waals surface area contributed by atoms with Gasteiger partial charge in [-0.1, -0.05) is 38.4 Å². The number of nitrogens with zero attached hydrogens (tertiary/aromatic N) is 2. The number of thiophene rings is 1. The van der Waals surface area contributed by atoms with Crippen LogP contribution in [0.4, 0.5) is 0 Å². The molecule has 0 bridgehead atoms. The third-order valence-corrected chi connectivity index (χ3v) is 6.92. The fraction of sp³-hybridized carbons (Fsp3) is 0.360. The molecule has 1 aromatic carbocycles. The van der Waals surface area contributed by atoms with E-state index in [1.54, 1.807) is 22.3 Å². The molecule has 4 rings (SSSR count). The molecule has 1 saturated heterocycles. The Labute approximate surface area is 192 Å². The second-order valence-corrected chi connectivity index (χ2v) is 10.4. The SMILES string of the molecule is CC(C)(C)c1cc(-c2cc(-c3ccc(C(=O)N4CCC[C@H](O)C4)cc3Cl)cs2)ccn1. The van der Waals surface area contributed by atoms with Crippen LogP contribution < -0.4 is 0 Å². The smallest absolute Gasteiger partial charge is 0.253 e. The van der Waals surface area contributed by atoms with Gasteiger partial charge in [-0.05, 0) is 59.7 Å². The van der Waals surface area contributed by atoms with Crippen molar-refractivity contribution in [1.82, 2.24) is 9.88 Å². The maximum absolute atomic E-state index is 12.8. The van der Waals surface area contributed by atoms with E-state index in [0.717, 1.165) is 40.1 Å². The van der Waals surface area contributed by atoms with Crippen molar-refractivity contribution in [3.63, 3.8) is 0 Å². The average molecular weight is 455 g/mol. The number of halogens is 1. The number of aromatic nitrogens is 1. The van der Waals surface area contributed by atoms with Crippen LogP contribution in [0, 0.1) is 0 Å². The van der Waals surface area contributed by atoms with Crippen molar-refractivity contribution < 1.29 is 9.90 Å². The first-order valence-electron chi connectivity index (χ1n) is 10.5. The maximum atomic E-state index is 12.8. The topological polar surface area (TPSA) is 53.4 Å². The minimum absolute atomic E-state index is 0.00776. The van der Waals surface area contributed by atoms with Gasteiger partial charge >= 0.3 is 0 Å². The summed E-state index contributed by atoms with van der Waals surface area (Å²) in [6.07, 6.45) is 2.99. The number of amides is 1. The molecule has 162 valence electrons.